The topological polar surface area (TPSA) is 91.0 Å². The van der Waals surface area contributed by atoms with E-state index in [1.54, 1.807) is 41.0 Å². The van der Waals surface area contributed by atoms with Crippen LogP contribution in [0.3, 0.4) is 0 Å². The van der Waals surface area contributed by atoms with Crippen LogP contribution in [-0.2, 0) is 36.5 Å². The van der Waals surface area contributed by atoms with E-state index in [1.807, 2.05) is 66.3 Å². The molecule has 0 amide bonds. The highest BCUT2D eigenvalue weighted by Gasteiger charge is 2.39. The second-order valence-corrected chi connectivity index (χ2v) is 10.9. The van der Waals surface area contributed by atoms with Crippen molar-refractivity contribution in [3.8, 4) is 6.07 Å². The van der Waals surface area contributed by atoms with Gasteiger partial charge in [0, 0.05) is 43.6 Å². The van der Waals surface area contributed by atoms with Crippen molar-refractivity contribution in [2.24, 2.45) is 7.05 Å². The number of sulfonamides is 1. The highest BCUT2D eigenvalue weighted by atomic mass is 32.2. The Labute approximate surface area is 211 Å². The first-order valence-corrected chi connectivity index (χ1v) is 13.3. The van der Waals surface area contributed by atoms with Crippen LogP contribution in [0.4, 0.5) is 5.69 Å². The van der Waals surface area contributed by atoms with E-state index in [-0.39, 0.29) is 17.5 Å². The number of anilines is 1. The molecule has 0 aliphatic carbocycles. The summed E-state index contributed by atoms with van der Waals surface area (Å²) in [5, 5.41) is 13.1. The highest BCUT2D eigenvalue weighted by molar-refractivity contribution is 7.89. The number of aryl methyl sites for hydroxylation is 1. The van der Waals surface area contributed by atoms with Crippen LogP contribution in [0.15, 0.2) is 96.3 Å². The molecule has 7 nitrogen and oxygen atoms in total. The quantitative estimate of drug-likeness (QED) is 0.415. The number of imidazole rings is 1. The van der Waals surface area contributed by atoms with Crippen LogP contribution in [0.2, 0.25) is 0 Å². The lowest BCUT2D eigenvalue weighted by Gasteiger charge is -2.41. The molecular weight excluding hydrogens is 470 g/mol. The first-order valence-electron chi connectivity index (χ1n) is 11.8. The van der Waals surface area contributed by atoms with Crippen LogP contribution in [0.5, 0.6) is 0 Å². The predicted octanol–water partition coefficient (Wildman–Crippen LogP) is 4.13. The fourth-order valence-electron chi connectivity index (χ4n) is 4.80. The summed E-state index contributed by atoms with van der Waals surface area (Å²) >= 11 is 0. The molecule has 0 fully saturated rings. The average Bonchev–Trinajstić information content (AvgIpc) is 3.31. The van der Waals surface area contributed by atoms with Crippen molar-refractivity contribution in [1.82, 2.24) is 13.9 Å². The molecule has 4 aromatic rings. The fourth-order valence-corrected chi connectivity index (χ4v) is 6.47. The zero-order chi connectivity index (χ0) is 25.1. The second-order valence-electron chi connectivity index (χ2n) is 9.05. The SMILES string of the molecule is Cn1cncc1CC1Nc2ccc(C#N)cc2CC1N(Cc1ccccc1)S(=O)(=O)c1ccccc1. The molecule has 5 rings (SSSR count). The van der Waals surface area contributed by atoms with E-state index in [2.05, 4.69) is 16.4 Å². The van der Waals surface area contributed by atoms with Gasteiger partial charge in [0.05, 0.1) is 28.9 Å². The van der Waals surface area contributed by atoms with E-state index in [9.17, 15) is 13.7 Å². The minimum atomic E-state index is -3.83. The number of nitriles is 1. The zero-order valence-corrected chi connectivity index (χ0v) is 20.8. The Bertz CT molecular complexity index is 1490. The molecular formula is C28H27N5O2S. The summed E-state index contributed by atoms with van der Waals surface area (Å²) < 4.78 is 31.8. The lowest BCUT2D eigenvalue weighted by atomic mass is 9.89. The second kappa shape index (κ2) is 9.97. The fraction of sp³-hybridized carbons (Fsp3) is 0.214. The molecule has 1 aliphatic heterocycles. The van der Waals surface area contributed by atoms with Gasteiger partial charge >= 0.3 is 0 Å². The van der Waals surface area contributed by atoms with E-state index in [1.165, 1.54) is 0 Å². The number of nitrogens with zero attached hydrogens (tertiary/aromatic N) is 4. The van der Waals surface area contributed by atoms with Crippen LogP contribution in [-0.4, -0.2) is 34.4 Å². The molecule has 0 saturated heterocycles. The molecule has 0 bridgehead atoms. The average molecular weight is 498 g/mol. The van der Waals surface area contributed by atoms with Gasteiger partial charge in [0.2, 0.25) is 10.0 Å². The Hall–Kier alpha value is -3.93. The first kappa shape index (κ1) is 23.8. The molecule has 1 N–H and O–H groups in total. The van der Waals surface area contributed by atoms with Crippen LogP contribution < -0.4 is 5.32 Å². The van der Waals surface area contributed by atoms with Crippen LogP contribution >= 0.6 is 0 Å². The monoisotopic (exact) mass is 497 g/mol. The van der Waals surface area contributed by atoms with Crippen molar-refractivity contribution in [2.45, 2.75) is 36.4 Å². The maximum atomic E-state index is 14.1. The van der Waals surface area contributed by atoms with Gasteiger partial charge in [-0.3, -0.25) is 0 Å². The van der Waals surface area contributed by atoms with Gasteiger partial charge in [-0.25, -0.2) is 13.4 Å². The third-order valence-corrected chi connectivity index (χ3v) is 8.60. The summed E-state index contributed by atoms with van der Waals surface area (Å²) in [5.74, 6) is 0. The van der Waals surface area contributed by atoms with Crippen LogP contribution in [0.1, 0.15) is 22.4 Å². The van der Waals surface area contributed by atoms with Gasteiger partial charge in [-0.2, -0.15) is 9.57 Å². The summed E-state index contributed by atoms with van der Waals surface area (Å²) in [6.07, 6.45) is 4.65. The van der Waals surface area contributed by atoms with E-state index in [0.717, 1.165) is 22.5 Å². The van der Waals surface area contributed by atoms with Gasteiger partial charge in [0.25, 0.3) is 0 Å². The minimum Gasteiger partial charge on any atom is -0.380 e. The van der Waals surface area contributed by atoms with E-state index in [0.29, 0.717) is 18.4 Å². The Morgan fingerprint density at radius 2 is 1.81 bits per heavy atom. The minimum absolute atomic E-state index is 0.206. The molecule has 0 spiro atoms. The zero-order valence-electron chi connectivity index (χ0n) is 19.9. The summed E-state index contributed by atoms with van der Waals surface area (Å²) in [4.78, 5) is 4.52. The maximum Gasteiger partial charge on any atom is 0.243 e. The molecule has 2 unspecified atom stereocenters. The van der Waals surface area contributed by atoms with Crippen molar-refractivity contribution >= 4 is 15.7 Å². The Morgan fingerprint density at radius 1 is 1.08 bits per heavy atom. The number of fused-ring (bicyclic) bond motifs is 1. The number of nitrogens with one attached hydrogen (secondary N) is 1. The first-order chi connectivity index (χ1) is 17.5. The number of aromatic nitrogens is 2. The van der Waals surface area contributed by atoms with E-state index in [4.69, 9.17) is 0 Å². The number of hydrogen-bond acceptors (Lipinski definition) is 5. The molecule has 1 aromatic heterocycles. The van der Waals surface area contributed by atoms with Gasteiger partial charge in [0.15, 0.2) is 0 Å². The predicted molar refractivity (Wildman–Crippen MR) is 139 cm³/mol. The summed E-state index contributed by atoms with van der Waals surface area (Å²) in [6.45, 7) is 0.236. The van der Waals surface area contributed by atoms with Crippen LogP contribution in [0.25, 0.3) is 0 Å². The van der Waals surface area contributed by atoms with Gasteiger partial charge in [-0.05, 0) is 47.9 Å². The summed E-state index contributed by atoms with van der Waals surface area (Å²) in [5.41, 5.74) is 4.33. The molecule has 3 aromatic carbocycles. The van der Waals surface area contributed by atoms with Crippen molar-refractivity contribution < 1.29 is 8.42 Å². The summed E-state index contributed by atoms with van der Waals surface area (Å²) in [7, 11) is -1.89. The van der Waals surface area contributed by atoms with Crippen molar-refractivity contribution in [3.63, 3.8) is 0 Å². The Balaban J connectivity index is 1.62. The third-order valence-electron chi connectivity index (χ3n) is 6.72. The normalized spacial score (nSPS) is 17.2. The molecule has 36 heavy (non-hydrogen) atoms. The van der Waals surface area contributed by atoms with E-state index < -0.39 is 16.1 Å². The standard InChI is InChI=1S/C28H27N5O2S/c1-32-20-30-18-24(32)16-27-28(15-23-14-22(17-29)12-13-26(23)31-27)33(19-21-8-4-2-5-9-21)36(34,35)25-10-6-3-7-11-25/h2-14,18,20,27-28,31H,15-16,19H2,1H3. The molecule has 2 heterocycles. The van der Waals surface area contributed by atoms with Crippen molar-refractivity contribution in [1.29, 1.82) is 5.26 Å². The summed E-state index contributed by atoms with van der Waals surface area (Å²) in [6, 6.07) is 25.4. The number of rotatable bonds is 7. The molecule has 1 aliphatic rings. The molecule has 0 saturated carbocycles. The van der Waals surface area contributed by atoms with Crippen molar-refractivity contribution in [3.05, 3.63) is 114 Å². The third kappa shape index (κ3) is 4.76. The largest absolute Gasteiger partial charge is 0.380 e. The molecule has 0 radical (unpaired) electrons. The van der Waals surface area contributed by atoms with Crippen molar-refractivity contribution in [2.75, 3.05) is 5.32 Å². The highest BCUT2D eigenvalue weighted by Crippen LogP contribution is 2.33. The maximum absolute atomic E-state index is 14.1. The Morgan fingerprint density at radius 3 is 2.47 bits per heavy atom. The molecule has 182 valence electrons. The smallest absolute Gasteiger partial charge is 0.243 e. The number of benzene rings is 3. The molecule has 8 heteroatoms. The van der Waals surface area contributed by atoms with Gasteiger partial charge in [-0.15, -0.1) is 0 Å². The van der Waals surface area contributed by atoms with Gasteiger partial charge in [0.1, 0.15) is 0 Å². The Kier molecular flexibility index (Phi) is 6.59. The van der Waals surface area contributed by atoms with Gasteiger partial charge in [-0.1, -0.05) is 48.5 Å². The van der Waals surface area contributed by atoms with E-state index >= 15 is 0 Å². The molecule has 2 atom stereocenters. The lowest BCUT2D eigenvalue weighted by molar-refractivity contribution is 0.272. The number of hydrogen-bond donors (Lipinski definition) is 1. The van der Waals surface area contributed by atoms with Crippen LogP contribution in [0, 0.1) is 11.3 Å². The lowest BCUT2D eigenvalue weighted by Crippen LogP contribution is -2.53. The van der Waals surface area contributed by atoms with Gasteiger partial charge < -0.3 is 9.88 Å².